The van der Waals surface area contributed by atoms with Gasteiger partial charge in [0.1, 0.15) is 12.6 Å². The van der Waals surface area contributed by atoms with Gasteiger partial charge in [-0.1, -0.05) is 12.2 Å². The second kappa shape index (κ2) is 4.47. The van der Waals surface area contributed by atoms with E-state index >= 15 is 0 Å². The van der Waals surface area contributed by atoms with Gasteiger partial charge >= 0.3 is 0 Å². The van der Waals surface area contributed by atoms with Crippen LogP contribution >= 0.6 is 0 Å². The van der Waals surface area contributed by atoms with Crippen LogP contribution in [0.3, 0.4) is 0 Å². The number of benzene rings is 1. The Kier molecular flexibility index (Phi) is 2.86. The summed E-state index contributed by atoms with van der Waals surface area (Å²) in [7, 11) is 3.36. The summed E-state index contributed by atoms with van der Waals surface area (Å²) in [5, 5.41) is 22.6. The molecule has 1 aromatic rings. The van der Waals surface area contributed by atoms with E-state index in [1.165, 1.54) is 0 Å². The lowest BCUT2D eigenvalue weighted by molar-refractivity contribution is -0.874. The van der Waals surface area contributed by atoms with Crippen molar-refractivity contribution in [2.45, 2.75) is 37.0 Å². The molecule has 5 nitrogen and oxygen atoms in total. The monoisotopic (exact) mass is 303 g/mol. The molecule has 1 unspecified atom stereocenters. The van der Waals surface area contributed by atoms with E-state index in [1.807, 2.05) is 18.2 Å². The highest BCUT2D eigenvalue weighted by Gasteiger charge is 2.53. The first-order valence-corrected chi connectivity index (χ1v) is 7.75. The van der Waals surface area contributed by atoms with Crippen molar-refractivity contribution < 1.29 is 19.2 Å². The minimum absolute atomic E-state index is 0.129. The molecule has 1 spiro atoms. The van der Waals surface area contributed by atoms with E-state index in [0.29, 0.717) is 25.3 Å². The van der Waals surface area contributed by atoms with Crippen molar-refractivity contribution in [3.05, 3.63) is 40.6 Å². The summed E-state index contributed by atoms with van der Waals surface area (Å²) in [4.78, 5) is 0. The van der Waals surface area contributed by atoms with Gasteiger partial charge in [0.05, 0.1) is 32.2 Å². The van der Waals surface area contributed by atoms with E-state index in [-0.39, 0.29) is 16.2 Å². The average molecular weight is 303 g/mol. The molecular formula is C17H21NO4. The van der Waals surface area contributed by atoms with Gasteiger partial charge in [-0.15, -0.1) is 0 Å². The molecule has 2 aliphatic heterocycles. The highest BCUT2D eigenvalue weighted by atomic mass is 16.5. The number of aliphatic hydroxyl groups is 1. The number of quaternary nitrogens is 1. The molecule has 22 heavy (non-hydrogen) atoms. The van der Waals surface area contributed by atoms with E-state index in [4.69, 9.17) is 9.47 Å². The van der Waals surface area contributed by atoms with Gasteiger partial charge < -0.3 is 24.4 Å². The SMILES string of the molecule is COc1ccc2c3c1O[C@H]1C[C@H](O)C=C[C@@]31CC[N+](C)([O-])C2. The Balaban J connectivity index is 1.96. The molecule has 0 saturated heterocycles. The predicted octanol–water partition coefficient (Wildman–Crippen LogP) is 1.86. The van der Waals surface area contributed by atoms with Crippen molar-refractivity contribution in [1.82, 2.24) is 0 Å². The van der Waals surface area contributed by atoms with Crippen LogP contribution < -0.4 is 9.47 Å². The zero-order valence-electron chi connectivity index (χ0n) is 12.9. The van der Waals surface area contributed by atoms with Crippen LogP contribution in [-0.2, 0) is 12.0 Å². The number of ether oxygens (including phenoxy) is 2. The van der Waals surface area contributed by atoms with E-state index in [0.717, 1.165) is 23.3 Å². The summed E-state index contributed by atoms with van der Waals surface area (Å²) in [6, 6.07) is 3.87. The molecule has 4 atom stereocenters. The number of hydrogen-bond acceptors (Lipinski definition) is 4. The first-order chi connectivity index (χ1) is 10.5. The molecular weight excluding hydrogens is 282 g/mol. The Hall–Kier alpha value is -1.56. The molecule has 0 amide bonds. The Bertz CT molecular complexity index is 654. The maximum absolute atomic E-state index is 12.7. The zero-order chi connectivity index (χ0) is 15.5. The number of hydrogen-bond donors (Lipinski definition) is 1. The van der Waals surface area contributed by atoms with Gasteiger partial charge in [-0.25, -0.2) is 0 Å². The van der Waals surface area contributed by atoms with Crippen molar-refractivity contribution in [2.24, 2.45) is 0 Å². The third-order valence-electron chi connectivity index (χ3n) is 5.30. The summed E-state index contributed by atoms with van der Waals surface area (Å²) in [5.74, 6) is 1.46. The van der Waals surface area contributed by atoms with Gasteiger partial charge in [0.25, 0.3) is 0 Å². The summed E-state index contributed by atoms with van der Waals surface area (Å²) in [5.41, 5.74) is 1.82. The number of aliphatic hydroxyl groups excluding tert-OH is 1. The Morgan fingerprint density at radius 1 is 1.45 bits per heavy atom. The van der Waals surface area contributed by atoms with Gasteiger partial charge in [0.15, 0.2) is 11.5 Å². The molecule has 118 valence electrons. The fraction of sp³-hybridized carbons (Fsp3) is 0.529. The smallest absolute Gasteiger partial charge is 0.166 e. The third kappa shape index (κ3) is 1.82. The lowest BCUT2D eigenvalue weighted by atomic mass is 9.69. The van der Waals surface area contributed by atoms with Crippen LogP contribution in [0.25, 0.3) is 0 Å². The van der Waals surface area contributed by atoms with Crippen molar-refractivity contribution in [2.75, 3.05) is 20.7 Å². The third-order valence-corrected chi connectivity index (χ3v) is 5.30. The first kappa shape index (κ1) is 14.1. The van der Waals surface area contributed by atoms with Crippen LogP contribution in [-0.4, -0.2) is 42.7 Å². The van der Waals surface area contributed by atoms with Gasteiger partial charge in [0.2, 0.25) is 0 Å². The molecule has 2 heterocycles. The van der Waals surface area contributed by atoms with Gasteiger partial charge in [0, 0.05) is 24.0 Å². The van der Waals surface area contributed by atoms with E-state index in [1.54, 1.807) is 14.2 Å². The molecule has 1 aromatic carbocycles. The molecule has 0 bridgehead atoms. The Labute approximate surface area is 129 Å². The van der Waals surface area contributed by atoms with Crippen LogP contribution in [0.4, 0.5) is 0 Å². The fourth-order valence-corrected chi connectivity index (χ4v) is 4.19. The van der Waals surface area contributed by atoms with Crippen molar-refractivity contribution >= 4 is 0 Å². The highest BCUT2D eigenvalue weighted by Crippen LogP contribution is 2.56. The van der Waals surface area contributed by atoms with Gasteiger partial charge in [-0.3, -0.25) is 0 Å². The summed E-state index contributed by atoms with van der Waals surface area (Å²) < 4.78 is 11.4. The Morgan fingerprint density at radius 2 is 2.27 bits per heavy atom. The summed E-state index contributed by atoms with van der Waals surface area (Å²) in [6.45, 7) is 0.983. The van der Waals surface area contributed by atoms with Crippen molar-refractivity contribution in [1.29, 1.82) is 0 Å². The van der Waals surface area contributed by atoms with Crippen molar-refractivity contribution in [3.63, 3.8) is 0 Å². The number of hydroxylamine groups is 3. The average Bonchev–Trinajstić information content (AvgIpc) is 2.74. The Morgan fingerprint density at radius 3 is 3.05 bits per heavy atom. The largest absolute Gasteiger partial charge is 0.633 e. The highest BCUT2D eigenvalue weighted by molar-refractivity contribution is 5.60. The summed E-state index contributed by atoms with van der Waals surface area (Å²) in [6.07, 6.45) is 4.57. The number of methoxy groups -OCH3 is 1. The number of rotatable bonds is 1. The lowest BCUT2D eigenvalue weighted by Crippen LogP contribution is -2.44. The molecule has 0 aromatic heterocycles. The van der Waals surface area contributed by atoms with Crippen LogP contribution in [0.1, 0.15) is 24.0 Å². The zero-order valence-corrected chi connectivity index (χ0v) is 12.9. The molecule has 0 saturated carbocycles. The van der Waals surface area contributed by atoms with Crippen LogP contribution in [0.2, 0.25) is 0 Å². The van der Waals surface area contributed by atoms with Crippen LogP contribution in [0.5, 0.6) is 11.5 Å². The maximum atomic E-state index is 12.7. The predicted molar refractivity (Wildman–Crippen MR) is 81.6 cm³/mol. The molecule has 5 heteroatoms. The first-order valence-electron chi connectivity index (χ1n) is 7.75. The quantitative estimate of drug-likeness (QED) is 0.489. The lowest BCUT2D eigenvalue weighted by Gasteiger charge is -2.40. The fourth-order valence-electron chi connectivity index (χ4n) is 4.19. The minimum Gasteiger partial charge on any atom is -0.633 e. The normalized spacial score (nSPS) is 38.7. The van der Waals surface area contributed by atoms with Gasteiger partial charge in [-0.2, -0.15) is 0 Å². The van der Waals surface area contributed by atoms with E-state index in [2.05, 4.69) is 6.08 Å². The van der Waals surface area contributed by atoms with Gasteiger partial charge in [-0.05, 0) is 12.1 Å². The molecule has 1 aliphatic carbocycles. The second-order valence-corrected chi connectivity index (χ2v) is 6.87. The molecule has 0 radical (unpaired) electrons. The second-order valence-electron chi connectivity index (χ2n) is 6.87. The van der Waals surface area contributed by atoms with Crippen LogP contribution in [0, 0.1) is 5.21 Å². The molecule has 0 fully saturated rings. The minimum atomic E-state index is -0.490. The topological polar surface area (TPSA) is 61.8 Å². The molecule has 4 rings (SSSR count). The van der Waals surface area contributed by atoms with Crippen molar-refractivity contribution in [3.8, 4) is 11.5 Å². The standard InChI is InChI=1S/C17H21NO4/c1-18(20)8-7-17-6-5-12(19)9-14(17)22-16-13(21-2)4-3-11(10-18)15(16)17/h3-6,12,14,19H,7-10H2,1-2H3/t12-,14+,17+,18?/m1/s1. The molecule has 3 aliphatic rings. The maximum Gasteiger partial charge on any atom is 0.166 e. The van der Waals surface area contributed by atoms with E-state index in [9.17, 15) is 10.3 Å². The summed E-state index contributed by atoms with van der Waals surface area (Å²) >= 11 is 0. The molecule has 1 N–H and O–H groups in total. The number of nitrogens with zero attached hydrogens (tertiary/aromatic N) is 1. The van der Waals surface area contributed by atoms with E-state index < -0.39 is 6.10 Å². The van der Waals surface area contributed by atoms with Crippen LogP contribution in [0.15, 0.2) is 24.3 Å².